The Labute approximate surface area is 133 Å². The summed E-state index contributed by atoms with van der Waals surface area (Å²) in [6.45, 7) is 9.40. The summed E-state index contributed by atoms with van der Waals surface area (Å²) in [7, 11) is 1.65. The van der Waals surface area contributed by atoms with Gasteiger partial charge >= 0.3 is 0 Å². The van der Waals surface area contributed by atoms with Gasteiger partial charge in [0.25, 0.3) is 5.91 Å². The van der Waals surface area contributed by atoms with E-state index in [-0.39, 0.29) is 11.9 Å². The molecule has 4 heteroatoms. The molecule has 4 nitrogen and oxygen atoms in total. The van der Waals surface area contributed by atoms with Gasteiger partial charge in [0.15, 0.2) is 6.04 Å². The van der Waals surface area contributed by atoms with Crippen LogP contribution in [0.3, 0.4) is 0 Å². The normalized spacial score (nSPS) is 26.3. The Hall–Kier alpha value is -1.55. The molecule has 1 aromatic carbocycles. The fourth-order valence-electron chi connectivity index (χ4n) is 3.46. The highest BCUT2D eigenvalue weighted by Gasteiger charge is 2.32. The summed E-state index contributed by atoms with van der Waals surface area (Å²) in [5.74, 6) is 2.39. The number of hydrogen-bond donors (Lipinski definition) is 2. The van der Waals surface area contributed by atoms with E-state index >= 15 is 0 Å². The molecule has 0 bridgehead atoms. The summed E-state index contributed by atoms with van der Waals surface area (Å²) in [4.78, 5) is 13.8. The molecule has 0 aromatic heterocycles. The van der Waals surface area contributed by atoms with E-state index in [4.69, 9.17) is 4.74 Å². The number of nitrogens with one attached hydrogen (secondary N) is 2. The Bertz CT molecular complexity index is 476. The minimum absolute atomic E-state index is 0.0171. The molecule has 2 rings (SSSR count). The smallest absolute Gasteiger partial charge is 0.278 e. The van der Waals surface area contributed by atoms with Crippen molar-refractivity contribution >= 4 is 5.91 Å². The van der Waals surface area contributed by atoms with E-state index in [1.54, 1.807) is 7.11 Å². The van der Waals surface area contributed by atoms with Gasteiger partial charge in [-0.1, -0.05) is 26.0 Å². The second-order valence-electron chi connectivity index (χ2n) is 6.80. The number of rotatable bonds is 5. The maximum absolute atomic E-state index is 12.4. The van der Waals surface area contributed by atoms with Crippen LogP contribution in [-0.4, -0.2) is 32.1 Å². The molecule has 22 heavy (non-hydrogen) atoms. The van der Waals surface area contributed by atoms with Gasteiger partial charge < -0.3 is 15.0 Å². The lowest BCUT2D eigenvalue weighted by molar-refractivity contribution is -0.925. The highest BCUT2D eigenvalue weighted by Crippen LogP contribution is 2.13. The van der Waals surface area contributed by atoms with E-state index in [1.807, 2.05) is 31.2 Å². The van der Waals surface area contributed by atoms with Crippen molar-refractivity contribution in [2.24, 2.45) is 11.8 Å². The first-order chi connectivity index (χ1) is 10.5. The van der Waals surface area contributed by atoms with Crippen LogP contribution in [0.5, 0.6) is 5.75 Å². The minimum Gasteiger partial charge on any atom is -0.497 e. The van der Waals surface area contributed by atoms with Crippen LogP contribution in [0.4, 0.5) is 0 Å². The van der Waals surface area contributed by atoms with Gasteiger partial charge in [0.05, 0.1) is 20.2 Å². The zero-order valence-electron chi connectivity index (χ0n) is 14.2. The standard InChI is InChI=1S/C18H28N2O2/c1-13-9-14(2)12-20(11-13)15(3)18(21)19-10-16-5-7-17(22-4)8-6-16/h5-8,13-15H,9-12H2,1-4H3,(H,19,21)/p+1/t13-,14-,15-/m0/s1. The number of quaternary nitrogens is 1. The topological polar surface area (TPSA) is 42.8 Å². The summed E-state index contributed by atoms with van der Waals surface area (Å²) in [5.41, 5.74) is 1.09. The Morgan fingerprint density at radius 2 is 1.86 bits per heavy atom. The molecular weight excluding hydrogens is 276 g/mol. The van der Waals surface area contributed by atoms with Crippen molar-refractivity contribution in [3.63, 3.8) is 0 Å². The second-order valence-corrected chi connectivity index (χ2v) is 6.80. The summed E-state index contributed by atoms with van der Waals surface area (Å²) in [6.07, 6.45) is 1.28. The third kappa shape index (κ3) is 4.47. The highest BCUT2D eigenvalue weighted by molar-refractivity contribution is 5.79. The lowest BCUT2D eigenvalue weighted by Crippen LogP contribution is -3.18. The van der Waals surface area contributed by atoms with Crippen molar-refractivity contribution in [3.8, 4) is 5.75 Å². The SMILES string of the molecule is COc1ccc(CNC(=O)[C@H](C)[NH+]2C[C@@H](C)C[C@H](C)C2)cc1. The van der Waals surface area contributed by atoms with Crippen LogP contribution < -0.4 is 15.0 Å². The van der Waals surface area contributed by atoms with Crippen LogP contribution in [0.15, 0.2) is 24.3 Å². The van der Waals surface area contributed by atoms with E-state index in [0.29, 0.717) is 18.4 Å². The lowest BCUT2D eigenvalue weighted by Gasteiger charge is -2.35. The molecule has 0 saturated carbocycles. The fraction of sp³-hybridized carbons (Fsp3) is 0.611. The molecule has 2 N–H and O–H groups in total. The number of benzene rings is 1. The fourth-order valence-corrected chi connectivity index (χ4v) is 3.46. The highest BCUT2D eigenvalue weighted by atomic mass is 16.5. The largest absolute Gasteiger partial charge is 0.497 e. The third-order valence-electron chi connectivity index (χ3n) is 4.66. The number of carbonyl (C=O) groups is 1. The molecule has 0 spiro atoms. The maximum atomic E-state index is 12.4. The Morgan fingerprint density at radius 1 is 1.27 bits per heavy atom. The zero-order valence-corrected chi connectivity index (χ0v) is 14.2. The van der Waals surface area contributed by atoms with Crippen molar-refractivity contribution < 1.29 is 14.4 Å². The molecule has 0 unspecified atom stereocenters. The van der Waals surface area contributed by atoms with Gasteiger partial charge in [0.1, 0.15) is 5.75 Å². The summed E-state index contributed by atoms with van der Waals surface area (Å²) in [6, 6.07) is 7.83. The summed E-state index contributed by atoms with van der Waals surface area (Å²) in [5, 5.41) is 3.06. The van der Waals surface area contributed by atoms with Gasteiger partial charge in [0.2, 0.25) is 0 Å². The molecular formula is C18H29N2O2+. The van der Waals surface area contributed by atoms with Crippen LogP contribution >= 0.6 is 0 Å². The van der Waals surface area contributed by atoms with Gasteiger partial charge in [-0.25, -0.2) is 0 Å². The number of hydrogen-bond acceptors (Lipinski definition) is 2. The van der Waals surface area contributed by atoms with E-state index in [1.165, 1.54) is 11.3 Å². The first-order valence-corrected chi connectivity index (χ1v) is 8.24. The van der Waals surface area contributed by atoms with Gasteiger partial charge in [-0.2, -0.15) is 0 Å². The average Bonchev–Trinajstić information content (AvgIpc) is 2.51. The van der Waals surface area contributed by atoms with Gasteiger partial charge in [-0.3, -0.25) is 4.79 Å². The molecule has 1 saturated heterocycles. The Morgan fingerprint density at radius 3 is 2.41 bits per heavy atom. The van der Waals surface area contributed by atoms with Crippen molar-refractivity contribution in [3.05, 3.63) is 29.8 Å². The third-order valence-corrected chi connectivity index (χ3v) is 4.66. The number of carbonyl (C=O) groups excluding carboxylic acids is 1. The van der Waals surface area contributed by atoms with Gasteiger partial charge in [0, 0.05) is 18.4 Å². The Kier molecular flexibility index (Phi) is 5.83. The quantitative estimate of drug-likeness (QED) is 0.860. The van der Waals surface area contributed by atoms with E-state index in [2.05, 4.69) is 19.2 Å². The predicted octanol–water partition coefficient (Wildman–Crippen LogP) is 1.26. The molecule has 1 aliphatic rings. The van der Waals surface area contributed by atoms with E-state index < -0.39 is 0 Å². The zero-order chi connectivity index (χ0) is 16.1. The molecule has 1 fully saturated rings. The predicted molar refractivity (Wildman–Crippen MR) is 87.9 cm³/mol. The molecule has 0 aliphatic carbocycles. The van der Waals surface area contributed by atoms with Crippen LogP contribution in [0, 0.1) is 11.8 Å². The summed E-state index contributed by atoms with van der Waals surface area (Å²) >= 11 is 0. The average molecular weight is 305 g/mol. The van der Waals surface area contributed by atoms with Crippen LogP contribution in [-0.2, 0) is 11.3 Å². The van der Waals surface area contributed by atoms with Gasteiger partial charge in [-0.05, 0) is 31.0 Å². The Balaban J connectivity index is 1.85. The second kappa shape index (κ2) is 7.63. The lowest BCUT2D eigenvalue weighted by atomic mass is 9.91. The number of amides is 1. The number of ether oxygens (including phenoxy) is 1. The molecule has 1 aromatic rings. The molecule has 0 radical (unpaired) electrons. The van der Waals surface area contributed by atoms with E-state index in [9.17, 15) is 4.79 Å². The van der Waals surface area contributed by atoms with Gasteiger partial charge in [-0.15, -0.1) is 0 Å². The molecule has 1 aliphatic heterocycles. The molecule has 1 heterocycles. The number of likely N-dealkylation sites (tertiary alicyclic amines) is 1. The minimum atomic E-state index is 0.0171. The van der Waals surface area contributed by atoms with Crippen LogP contribution in [0.1, 0.15) is 32.8 Å². The van der Waals surface area contributed by atoms with Crippen LogP contribution in [0.25, 0.3) is 0 Å². The van der Waals surface area contributed by atoms with E-state index in [0.717, 1.165) is 24.4 Å². The maximum Gasteiger partial charge on any atom is 0.278 e. The first kappa shape index (κ1) is 16.8. The van der Waals surface area contributed by atoms with Crippen LogP contribution in [0.2, 0.25) is 0 Å². The molecule has 1 amide bonds. The summed E-state index contributed by atoms with van der Waals surface area (Å²) < 4.78 is 5.14. The van der Waals surface area contributed by atoms with Crippen molar-refractivity contribution in [1.29, 1.82) is 0 Å². The monoisotopic (exact) mass is 305 g/mol. The molecule has 122 valence electrons. The van der Waals surface area contributed by atoms with Crippen molar-refractivity contribution in [1.82, 2.24) is 5.32 Å². The molecule has 3 atom stereocenters. The van der Waals surface area contributed by atoms with Crippen molar-refractivity contribution in [2.75, 3.05) is 20.2 Å². The first-order valence-electron chi connectivity index (χ1n) is 8.24. The number of piperidine rings is 1. The number of methoxy groups -OCH3 is 1. The van der Waals surface area contributed by atoms with Crippen molar-refractivity contribution in [2.45, 2.75) is 39.8 Å².